The van der Waals surface area contributed by atoms with Crippen molar-refractivity contribution in [2.75, 3.05) is 6.61 Å². The number of ether oxygens (including phenoxy) is 2. The lowest BCUT2D eigenvalue weighted by atomic mass is 10.3. The van der Waals surface area contributed by atoms with Crippen LogP contribution in [0.25, 0.3) is 6.08 Å². The molecule has 0 atom stereocenters. The Hall–Kier alpha value is -2.27. The molecule has 0 aliphatic carbocycles. The quantitative estimate of drug-likeness (QED) is 0.790. The Bertz CT molecular complexity index is 613. The third-order valence-corrected chi connectivity index (χ3v) is 3.61. The molecule has 110 valence electrons. The van der Waals surface area contributed by atoms with Gasteiger partial charge >= 0.3 is 5.97 Å². The average Bonchev–Trinajstić information content (AvgIpc) is 2.93. The molecule has 1 heterocycles. The molecule has 0 aliphatic heterocycles. The first-order chi connectivity index (χ1) is 10.2. The van der Waals surface area contributed by atoms with E-state index in [1.807, 2.05) is 43.3 Å². The van der Waals surface area contributed by atoms with Gasteiger partial charge in [0.05, 0.1) is 6.61 Å². The topological polar surface area (TPSA) is 55.8 Å². The monoisotopic (exact) mass is 304 g/mol. The largest absolute Gasteiger partial charge is 0.494 e. The predicted molar refractivity (Wildman–Crippen MR) is 82.9 cm³/mol. The lowest BCUT2D eigenvalue weighted by Crippen LogP contribution is -1.94. The minimum atomic E-state index is -0.949. The van der Waals surface area contributed by atoms with Gasteiger partial charge in [0.1, 0.15) is 18.1 Å². The first kappa shape index (κ1) is 15.1. The van der Waals surface area contributed by atoms with Gasteiger partial charge in [-0.3, -0.25) is 0 Å². The molecule has 1 N–H and O–H groups in total. The van der Waals surface area contributed by atoms with Crippen LogP contribution in [0.5, 0.6) is 11.5 Å². The Morgan fingerprint density at radius 3 is 2.43 bits per heavy atom. The van der Waals surface area contributed by atoms with Crippen LogP contribution in [-0.4, -0.2) is 17.7 Å². The Morgan fingerprint density at radius 2 is 1.81 bits per heavy atom. The van der Waals surface area contributed by atoms with E-state index in [0.29, 0.717) is 13.2 Å². The Balaban J connectivity index is 1.89. The number of rotatable bonds is 7. The third-order valence-electron chi connectivity index (χ3n) is 2.59. The Labute approximate surface area is 127 Å². The van der Waals surface area contributed by atoms with E-state index in [1.165, 1.54) is 11.3 Å². The number of hydrogen-bond acceptors (Lipinski definition) is 4. The van der Waals surface area contributed by atoms with Crippen molar-refractivity contribution in [2.24, 2.45) is 0 Å². The highest BCUT2D eigenvalue weighted by Gasteiger charge is 2.01. The molecule has 0 fully saturated rings. The summed E-state index contributed by atoms with van der Waals surface area (Å²) in [5.41, 5.74) is 0. The van der Waals surface area contributed by atoms with Crippen molar-refractivity contribution >= 4 is 23.4 Å². The molecule has 2 aromatic rings. The van der Waals surface area contributed by atoms with Gasteiger partial charge in [-0.1, -0.05) is 0 Å². The number of hydrogen-bond donors (Lipinski definition) is 1. The van der Waals surface area contributed by atoms with E-state index < -0.39 is 5.97 Å². The van der Waals surface area contributed by atoms with E-state index in [2.05, 4.69) is 0 Å². The molecule has 0 amide bonds. The third kappa shape index (κ3) is 4.96. The molecule has 2 rings (SSSR count). The number of carboxylic acids is 1. The number of benzene rings is 1. The second kappa shape index (κ2) is 7.50. The lowest BCUT2D eigenvalue weighted by Gasteiger charge is -2.06. The first-order valence-electron chi connectivity index (χ1n) is 6.52. The number of thiophene rings is 1. The van der Waals surface area contributed by atoms with Gasteiger partial charge in [-0.25, -0.2) is 4.79 Å². The highest BCUT2D eigenvalue weighted by atomic mass is 32.1. The van der Waals surface area contributed by atoms with Crippen LogP contribution >= 0.6 is 11.3 Å². The van der Waals surface area contributed by atoms with E-state index in [0.717, 1.165) is 27.3 Å². The van der Waals surface area contributed by atoms with Crippen molar-refractivity contribution in [3.05, 3.63) is 52.2 Å². The maximum absolute atomic E-state index is 10.4. The zero-order chi connectivity index (χ0) is 15.1. The molecule has 5 heteroatoms. The van der Waals surface area contributed by atoms with Crippen LogP contribution in [0.1, 0.15) is 16.7 Å². The molecule has 0 aliphatic rings. The maximum atomic E-state index is 10.4. The molecule has 1 aromatic carbocycles. The molecular weight excluding hydrogens is 288 g/mol. The molecule has 0 bridgehead atoms. The number of carboxylic acid groups (broad SMARTS) is 1. The molecule has 0 spiro atoms. The second-order valence-corrected chi connectivity index (χ2v) is 5.37. The predicted octanol–water partition coefficient (Wildman–Crippen LogP) is 3.82. The van der Waals surface area contributed by atoms with Crippen LogP contribution in [0.15, 0.2) is 42.5 Å². The highest BCUT2D eigenvalue weighted by Crippen LogP contribution is 2.22. The summed E-state index contributed by atoms with van der Waals surface area (Å²) in [6.07, 6.45) is 2.70. The van der Waals surface area contributed by atoms with Gasteiger partial charge in [0, 0.05) is 15.8 Å². The van der Waals surface area contributed by atoms with Gasteiger partial charge in [-0.15, -0.1) is 11.3 Å². The van der Waals surface area contributed by atoms with E-state index in [9.17, 15) is 4.79 Å². The SMILES string of the molecule is CCOc1ccc(OCc2ccc(C=CC(=O)O)s2)cc1. The van der Waals surface area contributed by atoms with Crippen molar-refractivity contribution in [3.63, 3.8) is 0 Å². The van der Waals surface area contributed by atoms with E-state index >= 15 is 0 Å². The summed E-state index contributed by atoms with van der Waals surface area (Å²) >= 11 is 1.51. The van der Waals surface area contributed by atoms with E-state index in [-0.39, 0.29) is 0 Å². The molecule has 1 aromatic heterocycles. The fourth-order valence-electron chi connectivity index (χ4n) is 1.67. The van der Waals surface area contributed by atoms with Gasteiger partial charge in [0.15, 0.2) is 0 Å². The summed E-state index contributed by atoms with van der Waals surface area (Å²) in [5.74, 6) is 0.645. The summed E-state index contributed by atoms with van der Waals surface area (Å²) in [7, 11) is 0. The molecular formula is C16H16O4S. The van der Waals surface area contributed by atoms with Crippen LogP contribution < -0.4 is 9.47 Å². The first-order valence-corrected chi connectivity index (χ1v) is 7.34. The van der Waals surface area contributed by atoms with Crippen molar-refractivity contribution < 1.29 is 19.4 Å². The van der Waals surface area contributed by atoms with E-state index in [4.69, 9.17) is 14.6 Å². The minimum Gasteiger partial charge on any atom is -0.494 e. The highest BCUT2D eigenvalue weighted by molar-refractivity contribution is 7.12. The fraction of sp³-hybridized carbons (Fsp3) is 0.188. The van der Waals surface area contributed by atoms with Crippen molar-refractivity contribution in [1.82, 2.24) is 0 Å². The number of carbonyl (C=O) groups is 1. The number of aliphatic carboxylic acids is 1. The van der Waals surface area contributed by atoms with Gasteiger partial charge in [-0.05, 0) is 49.4 Å². The lowest BCUT2D eigenvalue weighted by molar-refractivity contribution is -0.131. The normalized spacial score (nSPS) is 10.7. The average molecular weight is 304 g/mol. The van der Waals surface area contributed by atoms with Crippen molar-refractivity contribution in [1.29, 1.82) is 0 Å². The van der Waals surface area contributed by atoms with Gasteiger partial charge in [0.25, 0.3) is 0 Å². The standard InChI is InChI=1S/C16H16O4S/c1-2-19-12-3-5-13(6-4-12)20-11-15-8-7-14(21-15)9-10-16(17)18/h3-10H,2,11H2,1H3,(H,17,18). The van der Waals surface area contributed by atoms with Crippen LogP contribution in [0, 0.1) is 0 Å². The van der Waals surface area contributed by atoms with Crippen LogP contribution in [0.2, 0.25) is 0 Å². The minimum absolute atomic E-state index is 0.458. The van der Waals surface area contributed by atoms with Crippen LogP contribution in [0.3, 0.4) is 0 Å². The summed E-state index contributed by atoms with van der Waals surface area (Å²) < 4.78 is 11.0. The molecule has 0 radical (unpaired) electrons. The summed E-state index contributed by atoms with van der Waals surface area (Å²) in [6, 6.07) is 11.3. The Kier molecular flexibility index (Phi) is 5.40. The molecule has 21 heavy (non-hydrogen) atoms. The van der Waals surface area contributed by atoms with Gasteiger partial charge in [-0.2, -0.15) is 0 Å². The van der Waals surface area contributed by atoms with Crippen LogP contribution in [0.4, 0.5) is 0 Å². The molecule has 0 unspecified atom stereocenters. The smallest absolute Gasteiger partial charge is 0.328 e. The zero-order valence-electron chi connectivity index (χ0n) is 11.6. The van der Waals surface area contributed by atoms with Crippen LogP contribution in [-0.2, 0) is 11.4 Å². The van der Waals surface area contributed by atoms with Crippen molar-refractivity contribution in [3.8, 4) is 11.5 Å². The molecule has 0 saturated carbocycles. The molecule has 0 saturated heterocycles. The maximum Gasteiger partial charge on any atom is 0.328 e. The van der Waals surface area contributed by atoms with Crippen molar-refractivity contribution in [2.45, 2.75) is 13.5 Å². The van der Waals surface area contributed by atoms with Gasteiger partial charge < -0.3 is 14.6 Å². The second-order valence-electron chi connectivity index (χ2n) is 4.17. The Morgan fingerprint density at radius 1 is 1.14 bits per heavy atom. The summed E-state index contributed by atoms with van der Waals surface area (Å²) in [4.78, 5) is 12.4. The fourth-order valence-corrected chi connectivity index (χ4v) is 2.50. The zero-order valence-corrected chi connectivity index (χ0v) is 12.4. The molecule has 4 nitrogen and oxygen atoms in total. The van der Waals surface area contributed by atoms with Gasteiger partial charge in [0.2, 0.25) is 0 Å². The summed E-state index contributed by atoms with van der Waals surface area (Å²) in [6.45, 7) is 3.04. The van der Waals surface area contributed by atoms with E-state index in [1.54, 1.807) is 6.08 Å². The summed E-state index contributed by atoms with van der Waals surface area (Å²) in [5, 5.41) is 8.58.